The minimum Gasteiger partial charge on any atom is -0.341 e. The van der Waals surface area contributed by atoms with Crippen molar-refractivity contribution >= 4 is 5.91 Å². The normalized spacial score (nSPS) is 21.9. The predicted octanol–water partition coefficient (Wildman–Crippen LogP) is 1.81. The maximum Gasteiger partial charge on any atom is 0.239 e. The van der Waals surface area contributed by atoms with Crippen LogP contribution in [0.5, 0.6) is 0 Å². The number of aryl methyl sites for hydroxylation is 1. The molecule has 2 saturated heterocycles. The number of piperazine rings is 1. The van der Waals surface area contributed by atoms with E-state index >= 15 is 0 Å². The van der Waals surface area contributed by atoms with E-state index in [1.54, 1.807) is 0 Å². The van der Waals surface area contributed by atoms with E-state index in [9.17, 15) is 4.79 Å². The summed E-state index contributed by atoms with van der Waals surface area (Å²) in [7, 11) is 0. The first-order valence-electron chi connectivity index (χ1n) is 9.94. The fourth-order valence-corrected chi connectivity index (χ4v) is 4.00. The lowest BCUT2D eigenvalue weighted by Gasteiger charge is -2.38. The van der Waals surface area contributed by atoms with Gasteiger partial charge in [-0.3, -0.25) is 14.6 Å². The quantitative estimate of drug-likeness (QED) is 0.815. The fourth-order valence-electron chi connectivity index (χ4n) is 4.00. The molecule has 6 nitrogen and oxygen atoms in total. The number of carbonyl (C=O) groups excluding carboxylic acids is 1. The molecule has 1 atom stereocenters. The summed E-state index contributed by atoms with van der Waals surface area (Å²) < 4.78 is 2.21. The summed E-state index contributed by atoms with van der Waals surface area (Å²) in [4.78, 5) is 24.2. The molecule has 1 amide bonds. The number of aromatic nitrogens is 2. The van der Waals surface area contributed by atoms with Gasteiger partial charge in [0.25, 0.3) is 0 Å². The molecule has 0 unspecified atom stereocenters. The van der Waals surface area contributed by atoms with Gasteiger partial charge in [0.1, 0.15) is 5.82 Å². The predicted molar refractivity (Wildman–Crippen MR) is 99.3 cm³/mol. The molecule has 1 aromatic rings. The van der Waals surface area contributed by atoms with Gasteiger partial charge >= 0.3 is 0 Å². The van der Waals surface area contributed by atoms with Gasteiger partial charge in [-0.25, -0.2) is 4.98 Å². The molecule has 2 fully saturated rings. The molecule has 2 aliphatic rings. The first-order chi connectivity index (χ1) is 12.2. The number of nitrogens with zero attached hydrogens (tertiary/aromatic N) is 5. The van der Waals surface area contributed by atoms with Crippen LogP contribution in [0.2, 0.25) is 0 Å². The van der Waals surface area contributed by atoms with Gasteiger partial charge in [-0.15, -0.1) is 0 Å². The number of hydrogen-bond donors (Lipinski definition) is 0. The van der Waals surface area contributed by atoms with E-state index in [-0.39, 0.29) is 6.04 Å². The fraction of sp³-hybridized carbons (Fsp3) is 0.789. The van der Waals surface area contributed by atoms with Crippen LogP contribution in [-0.4, -0.2) is 75.5 Å². The maximum absolute atomic E-state index is 12.8. The molecule has 0 N–H and O–H groups in total. The standard InChI is InChI=1S/C19H33N5O/c1-3-22-11-8-20-18(22)16-21-12-14-23(15-13-21)17(2)19(25)24-9-6-4-5-7-10-24/h8,11,17H,3-7,9-10,12-16H2,1-2H3/t17-/m0/s1. The molecule has 0 saturated carbocycles. The second-order valence-electron chi connectivity index (χ2n) is 7.36. The SMILES string of the molecule is CCn1ccnc1CN1CCN([C@@H](C)C(=O)N2CCCCCC2)CC1. The van der Waals surface area contributed by atoms with Crippen molar-refractivity contribution in [2.45, 2.75) is 58.7 Å². The monoisotopic (exact) mass is 347 g/mol. The van der Waals surface area contributed by atoms with Crippen LogP contribution in [0.1, 0.15) is 45.4 Å². The van der Waals surface area contributed by atoms with E-state index in [0.717, 1.165) is 71.0 Å². The van der Waals surface area contributed by atoms with Gasteiger partial charge in [0.05, 0.1) is 12.6 Å². The lowest BCUT2D eigenvalue weighted by molar-refractivity contribution is -0.137. The Kier molecular flexibility index (Phi) is 6.48. The van der Waals surface area contributed by atoms with Gasteiger partial charge in [0, 0.05) is 58.2 Å². The molecule has 0 radical (unpaired) electrons. The van der Waals surface area contributed by atoms with Gasteiger partial charge in [-0.1, -0.05) is 12.8 Å². The molecule has 0 spiro atoms. The molecule has 3 heterocycles. The Hall–Kier alpha value is -1.40. The summed E-state index contributed by atoms with van der Waals surface area (Å²) in [6.07, 6.45) is 8.80. The minimum atomic E-state index is 0.0119. The molecule has 140 valence electrons. The highest BCUT2D eigenvalue weighted by molar-refractivity contribution is 5.81. The molecule has 0 aliphatic carbocycles. The minimum absolute atomic E-state index is 0.0119. The summed E-state index contributed by atoms with van der Waals surface area (Å²) in [5, 5.41) is 0. The van der Waals surface area contributed by atoms with E-state index in [2.05, 4.69) is 38.1 Å². The van der Waals surface area contributed by atoms with Crippen LogP contribution in [0.25, 0.3) is 0 Å². The summed E-state index contributed by atoms with van der Waals surface area (Å²) in [5.74, 6) is 1.47. The number of likely N-dealkylation sites (tertiary alicyclic amines) is 1. The highest BCUT2D eigenvalue weighted by Gasteiger charge is 2.29. The largest absolute Gasteiger partial charge is 0.341 e. The highest BCUT2D eigenvalue weighted by atomic mass is 16.2. The van der Waals surface area contributed by atoms with Crippen molar-refractivity contribution in [3.05, 3.63) is 18.2 Å². The van der Waals surface area contributed by atoms with E-state index < -0.39 is 0 Å². The third-order valence-electron chi connectivity index (χ3n) is 5.74. The van der Waals surface area contributed by atoms with Gasteiger partial charge < -0.3 is 9.47 Å². The topological polar surface area (TPSA) is 44.6 Å². The first-order valence-corrected chi connectivity index (χ1v) is 9.94. The van der Waals surface area contributed by atoms with Crippen LogP contribution in [0.3, 0.4) is 0 Å². The van der Waals surface area contributed by atoms with Crippen molar-refractivity contribution in [2.75, 3.05) is 39.3 Å². The summed E-state index contributed by atoms with van der Waals surface area (Å²) in [5.41, 5.74) is 0. The van der Waals surface area contributed by atoms with Crippen LogP contribution in [0, 0.1) is 0 Å². The lowest BCUT2D eigenvalue weighted by Crippen LogP contribution is -2.54. The molecule has 6 heteroatoms. The molecule has 1 aromatic heterocycles. The Morgan fingerprint density at radius 1 is 1.08 bits per heavy atom. The molecule has 2 aliphatic heterocycles. The number of amides is 1. The third kappa shape index (κ3) is 4.61. The number of hydrogen-bond acceptors (Lipinski definition) is 4. The second-order valence-corrected chi connectivity index (χ2v) is 7.36. The highest BCUT2D eigenvalue weighted by Crippen LogP contribution is 2.15. The van der Waals surface area contributed by atoms with E-state index in [1.807, 2.05) is 12.4 Å². The van der Waals surface area contributed by atoms with Crippen LogP contribution in [0.4, 0.5) is 0 Å². The molecule has 25 heavy (non-hydrogen) atoms. The molecule has 3 rings (SSSR count). The Morgan fingerprint density at radius 2 is 1.76 bits per heavy atom. The van der Waals surface area contributed by atoms with Crippen molar-refractivity contribution in [3.63, 3.8) is 0 Å². The molecule has 0 bridgehead atoms. The third-order valence-corrected chi connectivity index (χ3v) is 5.74. The van der Waals surface area contributed by atoms with Crippen LogP contribution >= 0.6 is 0 Å². The summed E-state index contributed by atoms with van der Waals surface area (Å²) >= 11 is 0. The van der Waals surface area contributed by atoms with Crippen LogP contribution < -0.4 is 0 Å². The molecular formula is C19H33N5O. The Morgan fingerprint density at radius 3 is 2.40 bits per heavy atom. The smallest absolute Gasteiger partial charge is 0.239 e. The Labute approximate surface area is 151 Å². The van der Waals surface area contributed by atoms with Crippen LogP contribution in [0.15, 0.2) is 12.4 Å². The van der Waals surface area contributed by atoms with Crippen molar-refractivity contribution in [1.82, 2.24) is 24.3 Å². The average Bonchev–Trinajstić information content (AvgIpc) is 2.91. The Balaban J connectivity index is 1.48. The van der Waals surface area contributed by atoms with E-state index in [4.69, 9.17) is 0 Å². The number of imidazole rings is 1. The summed E-state index contributed by atoms with van der Waals surface area (Å²) in [6.45, 7) is 12.0. The van der Waals surface area contributed by atoms with E-state index in [0.29, 0.717) is 5.91 Å². The van der Waals surface area contributed by atoms with Gasteiger partial charge in [0.15, 0.2) is 0 Å². The summed E-state index contributed by atoms with van der Waals surface area (Å²) in [6, 6.07) is 0.0119. The lowest BCUT2D eigenvalue weighted by atomic mass is 10.2. The van der Waals surface area contributed by atoms with Gasteiger partial charge in [0.2, 0.25) is 5.91 Å². The van der Waals surface area contributed by atoms with Gasteiger partial charge in [-0.2, -0.15) is 0 Å². The molecule has 0 aromatic carbocycles. The van der Waals surface area contributed by atoms with Crippen LogP contribution in [-0.2, 0) is 17.9 Å². The second kappa shape index (κ2) is 8.81. The first kappa shape index (κ1) is 18.4. The zero-order valence-corrected chi connectivity index (χ0v) is 15.9. The Bertz CT molecular complexity index is 542. The zero-order valence-electron chi connectivity index (χ0n) is 15.9. The molecular weight excluding hydrogens is 314 g/mol. The van der Waals surface area contributed by atoms with Gasteiger partial charge in [-0.05, 0) is 26.7 Å². The van der Waals surface area contributed by atoms with Crippen molar-refractivity contribution in [2.24, 2.45) is 0 Å². The number of rotatable bonds is 5. The van der Waals surface area contributed by atoms with Crippen molar-refractivity contribution in [3.8, 4) is 0 Å². The van der Waals surface area contributed by atoms with Crippen molar-refractivity contribution in [1.29, 1.82) is 0 Å². The maximum atomic E-state index is 12.8. The van der Waals surface area contributed by atoms with E-state index in [1.165, 1.54) is 12.8 Å². The number of carbonyl (C=O) groups is 1. The average molecular weight is 348 g/mol. The zero-order chi connectivity index (χ0) is 17.6. The van der Waals surface area contributed by atoms with Crippen molar-refractivity contribution < 1.29 is 4.79 Å².